The normalized spacial score (nSPS) is 13.2. The summed E-state index contributed by atoms with van der Waals surface area (Å²) < 4.78 is 0. The molecule has 90 valence electrons. The first-order valence-corrected chi connectivity index (χ1v) is 6.90. The van der Waals surface area contributed by atoms with Crippen LogP contribution in [0.5, 0.6) is 0 Å². The lowest BCUT2D eigenvalue weighted by molar-refractivity contribution is -0.115. The third-order valence-electron chi connectivity index (χ3n) is 2.97. The van der Waals surface area contributed by atoms with Crippen LogP contribution < -0.4 is 5.32 Å². The van der Waals surface area contributed by atoms with E-state index in [2.05, 4.69) is 23.5 Å². The van der Waals surface area contributed by atoms with Gasteiger partial charge in [-0.15, -0.1) is 11.8 Å². The minimum atomic E-state index is 0.0951. The maximum absolute atomic E-state index is 11.4. The van der Waals surface area contributed by atoms with Crippen molar-refractivity contribution >= 4 is 23.4 Å². The molecule has 2 aromatic rings. The number of anilines is 1. The number of hydrogen-bond acceptors (Lipinski definition) is 2. The van der Waals surface area contributed by atoms with E-state index in [4.69, 9.17) is 0 Å². The Morgan fingerprint density at radius 3 is 2.72 bits per heavy atom. The van der Waals surface area contributed by atoms with Crippen LogP contribution in [0.25, 0.3) is 0 Å². The third kappa shape index (κ3) is 2.27. The first kappa shape index (κ1) is 11.4. The van der Waals surface area contributed by atoms with Crippen LogP contribution in [0.4, 0.5) is 5.69 Å². The molecule has 2 nitrogen and oxygen atoms in total. The SMILES string of the molecule is O=C1Cc2cccc(SCc3ccccc3)c2N1. The predicted octanol–water partition coefficient (Wildman–Crippen LogP) is 3.47. The van der Waals surface area contributed by atoms with Gasteiger partial charge >= 0.3 is 0 Å². The van der Waals surface area contributed by atoms with E-state index < -0.39 is 0 Å². The number of para-hydroxylation sites is 1. The van der Waals surface area contributed by atoms with Crippen molar-refractivity contribution in [1.29, 1.82) is 0 Å². The van der Waals surface area contributed by atoms with E-state index in [0.29, 0.717) is 6.42 Å². The Bertz CT molecular complexity index is 580. The highest BCUT2D eigenvalue weighted by atomic mass is 32.2. The zero-order valence-electron chi connectivity index (χ0n) is 9.85. The Labute approximate surface area is 110 Å². The number of benzene rings is 2. The van der Waals surface area contributed by atoms with Gasteiger partial charge in [-0.3, -0.25) is 4.79 Å². The van der Waals surface area contributed by atoms with Gasteiger partial charge in [-0.25, -0.2) is 0 Å². The lowest BCUT2D eigenvalue weighted by Gasteiger charge is -2.07. The minimum Gasteiger partial charge on any atom is -0.325 e. The number of amides is 1. The number of rotatable bonds is 3. The summed E-state index contributed by atoms with van der Waals surface area (Å²) in [6.07, 6.45) is 0.509. The molecule has 1 aliphatic rings. The molecular formula is C15H13NOS. The maximum atomic E-state index is 11.4. The molecule has 0 fully saturated rings. The third-order valence-corrected chi connectivity index (χ3v) is 4.09. The van der Waals surface area contributed by atoms with E-state index in [-0.39, 0.29) is 5.91 Å². The summed E-state index contributed by atoms with van der Waals surface area (Å²) in [6.45, 7) is 0. The van der Waals surface area contributed by atoms with Crippen molar-refractivity contribution in [2.24, 2.45) is 0 Å². The molecule has 0 saturated carbocycles. The molecular weight excluding hydrogens is 242 g/mol. The molecule has 1 heterocycles. The molecule has 0 saturated heterocycles. The monoisotopic (exact) mass is 255 g/mol. The smallest absolute Gasteiger partial charge is 0.228 e. The second kappa shape index (κ2) is 4.86. The van der Waals surface area contributed by atoms with E-state index in [9.17, 15) is 4.79 Å². The van der Waals surface area contributed by atoms with E-state index >= 15 is 0 Å². The lowest BCUT2D eigenvalue weighted by atomic mass is 10.2. The molecule has 3 rings (SSSR count). The van der Waals surface area contributed by atoms with Crippen molar-refractivity contribution in [2.45, 2.75) is 17.1 Å². The van der Waals surface area contributed by atoms with Gasteiger partial charge in [-0.2, -0.15) is 0 Å². The van der Waals surface area contributed by atoms with Gasteiger partial charge in [-0.05, 0) is 17.2 Å². The average Bonchev–Trinajstić information content (AvgIpc) is 2.78. The van der Waals surface area contributed by atoms with Crippen molar-refractivity contribution in [3.8, 4) is 0 Å². The van der Waals surface area contributed by atoms with E-state index in [0.717, 1.165) is 21.9 Å². The quantitative estimate of drug-likeness (QED) is 0.851. The van der Waals surface area contributed by atoms with E-state index in [1.807, 2.05) is 30.3 Å². The molecule has 0 spiro atoms. The zero-order valence-corrected chi connectivity index (χ0v) is 10.7. The fourth-order valence-corrected chi connectivity index (χ4v) is 3.09. The molecule has 18 heavy (non-hydrogen) atoms. The predicted molar refractivity (Wildman–Crippen MR) is 74.8 cm³/mol. The number of thioether (sulfide) groups is 1. The van der Waals surface area contributed by atoms with Crippen LogP contribution >= 0.6 is 11.8 Å². The van der Waals surface area contributed by atoms with Gasteiger partial charge in [-0.1, -0.05) is 42.5 Å². The first-order chi connectivity index (χ1) is 8.83. The topological polar surface area (TPSA) is 29.1 Å². The Kier molecular flexibility index (Phi) is 3.07. The molecule has 3 heteroatoms. The summed E-state index contributed by atoms with van der Waals surface area (Å²) in [4.78, 5) is 12.6. The second-order valence-electron chi connectivity index (χ2n) is 4.29. The van der Waals surface area contributed by atoms with E-state index in [1.54, 1.807) is 11.8 Å². The van der Waals surface area contributed by atoms with Gasteiger partial charge in [0.1, 0.15) is 0 Å². The first-order valence-electron chi connectivity index (χ1n) is 5.91. The molecule has 1 amide bonds. The Morgan fingerprint density at radius 2 is 1.89 bits per heavy atom. The Hall–Kier alpha value is -1.74. The molecule has 1 aliphatic heterocycles. The van der Waals surface area contributed by atoms with Crippen molar-refractivity contribution in [2.75, 3.05) is 5.32 Å². The summed E-state index contributed by atoms with van der Waals surface area (Å²) in [5.41, 5.74) is 3.41. The molecule has 0 radical (unpaired) electrons. The minimum absolute atomic E-state index is 0.0951. The molecule has 2 aromatic carbocycles. The van der Waals surface area contributed by atoms with Crippen molar-refractivity contribution in [3.05, 3.63) is 59.7 Å². The summed E-state index contributed by atoms with van der Waals surface area (Å²) in [7, 11) is 0. The van der Waals surface area contributed by atoms with Crippen molar-refractivity contribution in [1.82, 2.24) is 0 Å². The van der Waals surface area contributed by atoms with Gasteiger partial charge < -0.3 is 5.32 Å². The van der Waals surface area contributed by atoms with Gasteiger partial charge in [0.2, 0.25) is 5.91 Å². The van der Waals surface area contributed by atoms with Gasteiger partial charge in [0, 0.05) is 10.6 Å². The standard InChI is InChI=1S/C15H13NOS/c17-14-9-12-7-4-8-13(15(12)16-14)18-10-11-5-2-1-3-6-11/h1-8H,9-10H2,(H,16,17). The molecule has 0 unspecified atom stereocenters. The average molecular weight is 255 g/mol. The summed E-state index contributed by atoms with van der Waals surface area (Å²) in [5.74, 6) is 1.02. The molecule has 0 bridgehead atoms. The fourth-order valence-electron chi connectivity index (χ4n) is 2.08. The number of carbonyl (C=O) groups excluding carboxylic acids is 1. The van der Waals surface area contributed by atoms with Gasteiger partial charge in [0.25, 0.3) is 0 Å². The number of carbonyl (C=O) groups is 1. The van der Waals surface area contributed by atoms with E-state index in [1.165, 1.54) is 5.56 Å². The second-order valence-corrected chi connectivity index (χ2v) is 5.31. The molecule has 0 atom stereocenters. The van der Waals surface area contributed by atoms with Crippen molar-refractivity contribution in [3.63, 3.8) is 0 Å². The van der Waals surface area contributed by atoms with Crippen LogP contribution in [-0.4, -0.2) is 5.91 Å². The van der Waals surface area contributed by atoms with Crippen LogP contribution in [0.1, 0.15) is 11.1 Å². The zero-order chi connectivity index (χ0) is 12.4. The Balaban J connectivity index is 1.78. The largest absolute Gasteiger partial charge is 0.325 e. The maximum Gasteiger partial charge on any atom is 0.228 e. The van der Waals surface area contributed by atoms with Crippen LogP contribution in [0.2, 0.25) is 0 Å². The van der Waals surface area contributed by atoms with Crippen LogP contribution in [0, 0.1) is 0 Å². The van der Waals surface area contributed by atoms with Crippen LogP contribution in [-0.2, 0) is 17.0 Å². The van der Waals surface area contributed by atoms with Crippen molar-refractivity contribution < 1.29 is 4.79 Å². The summed E-state index contributed by atoms with van der Waals surface area (Å²) in [5, 5.41) is 2.94. The number of hydrogen-bond donors (Lipinski definition) is 1. The fraction of sp³-hybridized carbons (Fsp3) is 0.133. The number of nitrogens with one attached hydrogen (secondary N) is 1. The molecule has 0 aromatic heterocycles. The lowest BCUT2D eigenvalue weighted by Crippen LogP contribution is -2.04. The van der Waals surface area contributed by atoms with Gasteiger partial charge in [0.15, 0.2) is 0 Å². The highest BCUT2D eigenvalue weighted by molar-refractivity contribution is 7.98. The molecule has 1 N–H and O–H groups in total. The summed E-state index contributed by atoms with van der Waals surface area (Å²) >= 11 is 1.77. The van der Waals surface area contributed by atoms with Gasteiger partial charge in [0.05, 0.1) is 12.1 Å². The highest BCUT2D eigenvalue weighted by Crippen LogP contribution is 2.35. The Morgan fingerprint density at radius 1 is 1.06 bits per heavy atom. The van der Waals surface area contributed by atoms with Crippen LogP contribution in [0.15, 0.2) is 53.4 Å². The number of fused-ring (bicyclic) bond motifs is 1. The highest BCUT2D eigenvalue weighted by Gasteiger charge is 2.20. The molecule has 0 aliphatic carbocycles. The summed E-state index contributed by atoms with van der Waals surface area (Å²) in [6, 6.07) is 16.5. The van der Waals surface area contributed by atoms with Crippen LogP contribution in [0.3, 0.4) is 0 Å².